The largest absolute Gasteiger partial charge is 1.00 e. The van der Waals surface area contributed by atoms with Crippen LogP contribution in [0, 0.1) is 0 Å². The van der Waals surface area contributed by atoms with Gasteiger partial charge in [0.15, 0.2) is 24.0 Å². The summed E-state index contributed by atoms with van der Waals surface area (Å²) in [5.41, 5.74) is 6.00. The molecule has 214 valence electrons. The van der Waals surface area contributed by atoms with E-state index in [1.165, 1.54) is 10.9 Å². The Morgan fingerprint density at radius 2 is 1.57 bits per heavy atom. The maximum Gasteiger partial charge on any atom is 1.00 e. The Morgan fingerprint density at radius 3 is 2.23 bits per heavy atom. The Kier molecular flexibility index (Phi) is 13.1. The van der Waals surface area contributed by atoms with Gasteiger partial charge in [0.05, 0.1) is 19.5 Å². The molecule has 2 fully saturated rings. The van der Waals surface area contributed by atoms with Crippen molar-refractivity contribution in [2.75, 3.05) is 18.9 Å². The van der Waals surface area contributed by atoms with Gasteiger partial charge in [0.2, 0.25) is 0 Å². The Hall–Kier alpha value is 0.290. The molecule has 0 aliphatic carbocycles. The van der Waals surface area contributed by atoms with Crippen LogP contribution in [0.2, 0.25) is 0 Å². The van der Waals surface area contributed by atoms with Crippen LogP contribution >= 0.6 is 15.6 Å². The number of nitrogens with zero attached hydrogens (tertiary/aromatic N) is 4. The molecule has 0 aromatic carbocycles. The molecule has 2 unspecified atom stereocenters. The smallest absolute Gasteiger partial charge is 0.756 e. The molecular weight excluding hydrogens is 610 g/mol. The molecule has 2 aliphatic rings. The molecule has 4 rings (SSSR count). The number of imidazole rings is 1. The van der Waals surface area contributed by atoms with Crippen molar-refractivity contribution in [1.29, 1.82) is 0 Å². The molecule has 8 N–H and O–H groups in total. The van der Waals surface area contributed by atoms with Crippen molar-refractivity contribution in [3.05, 3.63) is 12.7 Å². The van der Waals surface area contributed by atoms with E-state index >= 15 is 0 Å². The normalized spacial score (nSPS) is 35.4. The fourth-order valence-electron chi connectivity index (χ4n) is 3.76. The van der Waals surface area contributed by atoms with Gasteiger partial charge in [-0.05, 0) is 0 Å². The zero-order valence-corrected chi connectivity index (χ0v) is 26.7. The number of hydrogen-bond donors (Lipinski definition) is 7. The minimum absolute atomic E-state index is 0. The zero-order valence-electron chi connectivity index (χ0n) is 20.9. The van der Waals surface area contributed by atoms with E-state index in [2.05, 4.69) is 28.3 Å². The van der Waals surface area contributed by atoms with E-state index in [-0.39, 0.29) is 76.1 Å². The van der Waals surface area contributed by atoms with Crippen LogP contribution in [-0.4, -0.2) is 112 Å². The number of nitrogens with two attached hydrogens (primary N) is 1. The zero-order chi connectivity index (χ0) is 28.0. The summed E-state index contributed by atoms with van der Waals surface area (Å²) in [6.45, 7) is -1.94. The number of aliphatic hydroxyl groups excluding tert-OH is 6. The second-order valence-corrected chi connectivity index (χ2v) is 11.1. The number of phosphoric acid groups is 2. The van der Waals surface area contributed by atoms with Crippen LogP contribution in [0.3, 0.4) is 0 Å². The molecule has 20 nitrogen and oxygen atoms in total. The number of aliphatic hydroxyl groups is 6. The first-order valence-corrected chi connectivity index (χ1v) is 13.6. The first kappa shape index (κ1) is 36.5. The van der Waals surface area contributed by atoms with Crippen molar-refractivity contribution in [3.63, 3.8) is 0 Å². The number of ether oxygens (including phenoxy) is 2. The van der Waals surface area contributed by atoms with Crippen LogP contribution in [0.25, 0.3) is 11.2 Å². The van der Waals surface area contributed by atoms with Gasteiger partial charge in [-0.1, -0.05) is 0 Å². The van der Waals surface area contributed by atoms with Crippen molar-refractivity contribution in [3.8, 4) is 0 Å². The third kappa shape index (κ3) is 7.86. The van der Waals surface area contributed by atoms with Gasteiger partial charge in [0, 0.05) is 0 Å². The molecule has 24 heteroatoms. The molecule has 2 aromatic rings. The van der Waals surface area contributed by atoms with Gasteiger partial charge in [-0.15, -0.1) is 0 Å². The maximum absolute atomic E-state index is 12.1. The van der Waals surface area contributed by atoms with Crippen molar-refractivity contribution in [2.24, 2.45) is 0 Å². The molecule has 2 saturated heterocycles. The summed E-state index contributed by atoms with van der Waals surface area (Å²) in [7, 11) is -11.6. The molecule has 0 spiro atoms. The van der Waals surface area contributed by atoms with Crippen LogP contribution in [0.4, 0.5) is 5.82 Å². The summed E-state index contributed by atoms with van der Waals surface area (Å²) in [6, 6.07) is 0. The second kappa shape index (κ2) is 14.4. The van der Waals surface area contributed by atoms with E-state index in [0.717, 1.165) is 6.33 Å². The topological polar surface area (TPSA) is 317 Å². The Bertz CT molecular complexity index is 1240. The molecule has 2 aliphatic heterocycles. The quantitative estimate of drug-likeness (QED) is 0.0995. The minimum atomic E-state index is -5.88. The van der Waals surface area contributed by atoms with Crippen molar-refractivity contribution in [1.82, 2.24) is 19.5 Å². The number of fused-ring (bicyclic) bond motifs is 1. The summed E-state index contributed by atoms with van der Waals surface area (Å²) in [6.07, 6.45) is -13.7. The SMILES string of the molecule is Nc1ncnc2c1ncn2[C@@H]1O[C@H](COP(=O)([O-])OP(=O)([O-])O[C@@H]2O[C@H](CO)[C@@H](O)[C@H](O)[C@H]2O)[C@@H](O)[C@H]1O.[Na+].[Na+]. The number of hydrogen-bond acceptors (Lipinski definition) is 19. The van der Waals surface area contributed by atoms with Crippen LogP contribution < -0.4 is 74.6 Å². The fraction of sp³-hybridized carbons (Fsp3) is 0.688. The molecule has 40 heavy (non-hydrogen) atoms. The van der Waals surface area contributed by atoms with E-state index in [9.17, 15) is 44.4 Å². The predicted molar refractivity (Wildman–Crippen MR) is 113 cm³/mol. The first-order valence-electron chi connectivity index (χ1n) is 10.7. The van der Waals surface area contributed by atoms with Gasteiger partial charge in [0.1, 0.15) is 54.6 Å². The van der Waals surface area contributed by atoms with Gasteiger partial charge >= 0.3 is 59.1 Å². The van der Waals surface area contributed by atoms with Gasteiger partial charge in [-0.3, -0.25) is 18.2 Å². The maximum atomic E-state index is 12.1. The van der Waals surface area contributed by atoms with Gasteiger partial charge in [-0.2, -0.15) is 0 Å². The number of aromatic nitrogens is 4. The third-order valence-corrected chi connectivity index (χ3v) is 8.21. The van der Waals surface area contributed by atoms with Crippen molar-refractivity contribution < 1.29 is 132 Å². The van der Waals surface area contributed by atoms with E-state index in [0.29, 0.717) is 0 Å². The third-order valence-electron chi connectivity index (χ3n) is 5.68. The second-order valence-electron chi connectivity index (χ2n) is 8.20. The van der Waals surface area contributed by atoms with E-state index in [1.54, 1.807) is 0 Å². The summed E-state index contributed by atoms with van der Waals surface area (Å²) in [5.74, 6) is 0.0269. The molecule has 0 bridgehead atoms. The molecule has 0 saturated carbocycles. The van der Waals surface area contributed by atoms with E-state index < -0.39 is 84.1 Å². The Labute approximate surface area is 268 Å². The molecule has 4 heterocycles. The molecule has 11 atom stereocenters. The average Bonchev–Trinajstić information content (AvgIpc) is 3.39. The number of rotatable bonds is 9. The van der Waals surface area contributed by atoms with Crippen molar-refractivity contribution >= 4 is 32.6 Å². The molecule has 0 radical (unpaired) electrons. The number of nitrogen functional groups attached to an aromatic ring is 1. The number of phosphoric ester groups is 2. The molecule has 0 amide bonds. The van der Waals surface area contributed by atoms with Crippen LogP contribution in [-0.2, 0) is 32.0 Å². The van der Waals surface area contributed by atoms with E-state index in [4.69, 9.17) is 20.3 Å². The Morgan fingerprint density at radius 1 is 0.925 bits per heavy atom. The number of anilines is 1. The monoisotopic (exact) mass is 633 g/mol. The summed E-state index contributed by atoms with van der Waals surface area (Å²) >= 11 is 0. The van der Waals surface area contributed by atoms with Gasteiger partial charge in [-0.25, -0.2) is 19.3 Å². The summed E-state index contributed by atoms with van der Waals surface area (Å²) in [4.78, 5) is 35.9. The molecular formula is C16H23N5Na2O15P2. The van der Waals surface area contributed by atoms with E-state index in [1.807, 2.05) is 0 Å². The van der Waals surface area contributed by atoms with Crippen LogP contribution in [0.1, 0.15) is 6.23 Å². The minimum Gasteiger partial charge on any atom is -0.756 e. The van der Waals surface area contributed by atoms with Crippen LogP contribution in [0.5, 0.6) is 0 Å². The average molecular weight is 633 g/mol. The van der Waals surface area contributed by atoms with Gasteiger partial charge in [0.25, 0.3) is 15.6 Å². The molecule has 2 aromatic heterocycles. The fourth-order valence-corrected chi connectivity index (χ4v) is 5.85. The predicted octanol–water partition coefficient (Wildman–Crippen LogP) is -11.2. The Balaban J connectivity index is 0.00000280. The standard InChI is InChI=1S/C16H25N5O15P2.2Na/c17-13-7-14(19-3-18-13)21(4-20-7)15-11(26)9(24)6(33-15)2-32-37(28,29)36-38(30,31)35-16-12(27)10(25)8(23)5(1-22)34-16;;/h3-6,8-12,15-16,22-27H,1-2H2,(H,28,29)(H,30,31)(H2,17,18,19);;/q;2*+1/p-2/t5-,6-,8-,9-,10+,11-,12-,15-,16+;;/m1../s1. The first-order chi connectivity index (χ1) is 17.7. The summed E-state index contributed by atoms with van der Waals surface area (Å²) in [5, 5.41) is 59.1. The summed E-state index contributed by atoms with van der Waals surface area (Å²) < 4.78 is 48.4. The van der Waals surface area contributed by atoms with Crippen LogP contribution in [0.15, 0.2) is 12.7 Å². The van der Waals surface area contributed by atoms with Crippen molar-refractivity contribution in [2.45, 2.75) is 55.2 Å². The van der Waals surface area contributed by atoms with Gasteiger partial charge < -0.3 is 60.2 Å².